The highest BCUT2D eigenvalue weighted by molar-refractivity contribution is 9.10. The average molecular weight is 388 g/mol. The molecular formula is C16H13BrClFO3. The smallest absolute Gasteiger partial charge is 0.303 e. The molecule has 0 aliphatic rings. The molecule has 2 rings (SSSR count). The molecule has 0 spiro atoms. The standard InChI is InChI=1S/C16H13BrClFO3/c17-12-7-10(5-6-15(20)21)8-13(18)16(12)22-9-11-3-1-2-4-14(11)19/h1-4,7-8H,5-6,9H2,(H,20,21). The van der Waals surface area contributed by atoms with Gasteiger partial charge in [-0.2, -0.15) is 0 Å². The maximum absolute atomic E-state index is 13.6. The van der Waals surface area contributed by atoms with Crippen LogP contribution in [0.2, 0.25) is 5.02 Å². The van der Waals surface area contributed by atoms with Crippen molar-refractivity contribution < 1.29 is 19.0 Å². The predicted molar refractivity (Wildman–Crippen MR) is 85.8 cm³/mol. The summed E-state index contributed by atoms with van der Waals surface area (Å²) in [5.74, 6) is -0.802. The number of ether oxygens (including phenoxy) is 1. The molecule has 0 aliphatic carbocycles. The Bertz CT molecular complexity index is 668. The molecule has 6 heteroatoms. The van der Waals surface area contributed by atoms with Crippen molar-refractivity contribution in [2.75, 3.05) is 0 Å². The van der Waals surface area contributed by atoms with Crippen molar-refractivity contribution in [3.8, 4) is 5.75 Å². The molecule has 116 valence electrons. The normalized spacial score (nSPS) is 10.5. The quantitative estimate of drug-likeness (QED) is 0.771. The van der Waals surface area contributed by atoms with Gasteiger partial charge in [-0.3, -0.25) is 4.79 Å². The van der Waals surface area contributed by atoms with E-state index in [1.165, 1.54) is 6.07 Å². The first-order valence-electron chi connectivity index (χ1n) is 6.53. The Kier molecular flexibility index (Phi) is 5.80. The molecule has 0 aliphatic heterocycles. The van der Waals surface area contributed by atoms with Crippen LogP contribution in [0.5, 0.6) is 5.75 Å². The molecule has 0 unspecified atom stereocenters. The summed E-state index contributed by atoms with van der Waals surface area (Å²) in [4.78, 5) is 10.6. The van der Waals surface area contributed by atoms with Gasteiger partial charge in [-0.05, 0) is 46.1 Å². The van der Waals surface area contributed by atoms with E-state index in [-0.39, 0.29) is 18.8 Å². The van der Waals surface area contributed by atoms with Gasteiger partial charge in [0.1, 0.15) is 12.4 Å². The molecule has 0 radical (unpaired) electrons. The van der Waals surface area contributed by atoms with Gasteiger partial charge in [0, 0.05) is 12.0 Å². The maximum Gasteiger partial charge on any atom is 0.303 e. The van der Waals surface area contributed by atoms with Crippen LogP contribution in [0.3, 0.4) is 0 Å². The van der Waals surface area contributed by atoms with E-state index in [2.05, 4.69) is 15.9 Å². The second-order valence-corrected chi connectivity index (χ2v) is 5.92. The van der Waals surface area contributed by atoms with Crippen molar-refractivity contribution in [3.63, 3.8) is 0 Å². The third-order valence-corrected chi connectivity index (χ3v) is 3.89. The first-order chi connectivity index (χ1) is 10.5. The molecule has 2 aromatic carbocycles. The highest BCUT2D eigenvalue weighted by Gasteiger charge is 2.11. The molecule has 3 nitrogen and oxygen atoms in total. The highest BCUT2D eigenvalue weighted by atomic mass is 79.9. The van der Waals surface area contributed by atoms with E-state index in [0.29, 0.717) is 27.2 Å². The molecule has 0 bridgehead atoms. The van der Waals surface area contributed by atoms with Gasteiger partial charge in [-0.1, -0.05) is 29.8 Å². The van der Waals surface area contributed by atoms with E-state index in [9.17, 15) is 9.18 Å². The molecule has 1 N–H and O–H groups in total. The van der Waals surface area contributed by atoms with E-state index < -0.39 is 5.97 Å². The van der Waals surface area contributed by atoms with Gasteiger partial charge in [0.2, 0.25) is 0 Å². The molecule has 0 saturated carbocycles. The SMILES string of the molecule is O=C(O)CCc1cc(Cl)c(OCc2ccccc2F)c(Br)c1. The lowest BCUT2D eigenvalue weighted by molar-refractivity contribution is -0.136. The highest BCUT2D eigenvalue weighted by Crippen LogP contribution is 2.35. The van der Waals surface area contributed by atoms with Crippen molar-refractivity contribution in [2.24, 2.45) is 0 Å². The van der Waals surface area contributed by atoms with Crippen LogP contribution in [0.1, 0.15) is 17.5 Å². The summed E-state index contributed by atoms with van der Waals surface area (Å²) in [5, 5.41) is 9.05. The molecule has 2 aromatic rings. The Morgan fingerprint density at radius 2 is 2.05 bits per heavy atom. The van der Waals surface area contributed by atoms with E-state index in [1.54, 1.807) is 30.3 Å². The fraction of sp³-hybridized carbons (Fsp3) is 0.188. The van der Waals surface area contributed by atoms with E-state index in [4.69, 9.17) is 21.4 Å². The second-order valence-electron chi connectivity index (χ2n) is 4.66. The van der Waals surface area contributed by atoms with Gasteiger partial charge in [0.15, 0.2) is 5.75 Å². The number of hydrogen-bond donors (Lipinski definition) is 1. The lowest BCUT2D eigenvalue weighted by atomic mass is 10.1. The van der Waals surface area contributed by atoms with Crippen LogP contribution < -0.4 is 4.74 Å². The van der Waals surface area contributed by atoms with Crippen molar-refractivity contribution in [3.05, 3.63) is 62.8 Å². The molecule has 0 saturated heterocycles. The number of hydrogen-bond acceptors (Lipinski definition) is 2. The number of halogens is 3. The van der Waals surface area contributed by atoms with Crippen LogP contribution in [-0.4, -0.2) is 11.1 Å². The van der Waals surface area contributed by atoms with E-state index in [1.807, 2.05) is 0 Å². The van der Waals surface area contributed by atoms with Crippen molar-refractivity contribution in [1.29, 1.82) is 0 Å². The minimum Gasteiger partial charge on any atom is -0.486 e. The number of carboxylic acid groups (broad SMARTS) is 1. The predicted octanol–water partition coefficient (Wildman–Crippen LogP) is 4.84. The van der Waals surface area contributed by atoms with Crippen molar-refractivity contribution in [1.82, 2.24) is 0 Å². The van der Waals surface area contributed by atoms with Crippen molar-refractivity contribution >= 4 is 33.5 Å². The van der Waals surface area contributed by atoms with Gasteiger partial charge >= 0.3 is 5.97 Å². The molecular weight excluding hydrogens is 375 g/mol. The van der Waals surface area contributed by atoms with Gasteiger partial charge < -0.3 is 9.84 Å². The van der Waals surface area contributed by atoms with Crippen molar-refractivity contribution in [2.45, 2.75) is 19.4 Å². The van der Waals surface area contributed by atoms with Crippen LogP contribution in [0.4, 0.5) is 4.39 Å². The number of aryl methyl sites for hydroxylation is 1. The summed E-state index contributed by atoms with van der Waals surface area (Å²) in [5.41, 5.74) is 1.22. The Morgan fingerprint density at radius 3 is 2.68 bits per heavy atom. The summed E-state index contributed by atoms with van der Waals surface area (Å²) < 4.78 is 19.7. The fourth-order valence-corrected chi connectivity index (χ4v) is 2.94. The number of carbonyl (C=O) groups is 1. The summed E-state index contributed by atoms with van der Waals surface area (Å²) in [6.45, 7) is 0.0550. The summed E-state index contributed by atoms with van der Waals surface area (Å²) in [7, 11) is 0. The van der Waals surface area contributed by atoms with Crippen LogP contribution in [0.15, 0.2) is 40.9 Å². The number of aliphatic carboxylic acids is 1. The Hall–Kier alpha value is -1.59. The lowest BCUT2D eigenvalue weighted by Crippen LogP contribution is -2.01. The summed E-state index contributed by atoms with van der Waals surface area (Å²) >= 11 is 9.51. The third-order valence-electron chi connectivity index (χ3n) is 3.02. The van der Waals surface area contributed by atoms with Gasteiger partial charge in [0.05, 0.1) is 9.50 Å². The molecule has 0 aromatic heterocycles. The minimum absolute atomic E-state index is 0.0260. The largest absolute Gasteiger partial charge is 0.486 e. The number of rotatable bonds is 6. The van der Waals surface area contributed by atoms with E-state index >= 15 is 0 Å². The molecule has 0 fully saturated rings. The van der Waals surface area contributed by atoms with Gasteiger partial charge in [-0.15, -0.1) is 0 Å². The molecule has 0 amide bonds. The average Bonchev–Trinajstić information content (AvgIpc) is 2.46. The van der Waals surface area contributed by atoms with Crippen LogP contribution in [0, 0.1) is 5.82 Å². The zero-order valence-corrected chi connectivity index (χ0v) is 13.8. The van der Waals surface area contributed by atoms with Crippen LogP contribution in [0.25, 0.3) is 0 Å². The zero-order valence-electron chi connectivity index (χ0n) is 11.5. The lowest BCUT2D eigenvalue weighted by Gasteiger charge is -2.12. The summed E-state index contributed by atoms with van der Waals surface area (Å²) in [6.07, 6.45) is 0.402. The molecule has 0 heterocycles. The molecule has 0 atom stereocenters. The Labute approximate surface area is 140 Å². The van der Waals surface area contributed by atoms with Gasteiger partial charge in [0.25, 0.3) is 0 Å². The van der Waals surface area contributed by atoms with Crippen LogP contribution >= 0.6 is 27.5 Å². The zero-order chi connectivity index (χ0) is 16.1. The Morgan fingerprint density at radius 1 is 1.32 bits per heavy atom. The first kappa shape index (κ1) is 16.8. The van der Waals surface area contributed by atoms with Crippen LogP contribution in [-0.2, 0) is 17.8 Å². The monoisotopic (exact) mass is 386 g/mol. The number of carboxylic acids is 1. The second kappa shape index (κ2) is 7.61. The number of benzene rings is 2. The maximum atomic E-state index is 13.6. The summed E-state index contributed by atoms with van der Waals surface area (Å²) in [6, 6.07) is 9.76. The topological polar surface area (TPSA) is 46.5 Å². The Balaban J connectivity index is 2.11. The van der Waals surface area contributed by atoms with Gasteiger partial charge in [-0.25, -0.2) is 4.39 Å². The molecule has 22 heavy (non-hydrogen) atoms. The van der Waals surface area contributed by atoms with E-state index in [0.717, 1.165) is 5.56 Å². The first-order valence-corrected chi connectivity index (χ1v) is 7.70. The third kappa shape index (κ3) is 4.45. The minimum atomic E-state index is -0.868. The fourth-order valence-electron chi connectivity index (χ4n) is 1.91.